The molecule has 2 heteroatoms. The summed E-state index contributed by atoms with van der Waals surface area (Å²) in [5.41, 5.74) is 7.37. The fourth-order valence-corrected chi connectivity index (χ4v) is 5.44. The molecule has 0 aliphatic rings. The van der Waals surface area contributed by atoms with Gasteiger partial charge in [0.05, 0.1) is 0 Å². The molecule has 0 saturated heterocycles. The van der Waals surface area contributed by atoms with Crippen molar-refractivity contribution < 1.29 is 8.83 Å². The van der Waals surface area contributed by atoms with Crippen LogP contribution in [0.2, 0.25) is 0 Å². The molecule has 5 aromatic carbocycles. The summed E-state index contributed by atoms with van der Waals surface area (Å²) in [6, 6.07) is 48.2. The Morgan fingerprint density at radius 3 is 1.22 bits per heavy atom. The van der Waals surface area contributed by atoms with E-state index in [9.17, 15) is 0 Å². The number of benzene rings is 5. The van der Waals surface area contributed by atoms with Gasteiger partial charge in [0.15, 0.2) is 0 Å². The van der Waals surface area contributed by atoms with E-state index in [0.717, 1.165) is 55.7 Å². The Kier molecular flexibility index (Phi) is 5.22. The largest absolute Gasteiger partial charge is 0.456 e. The van der Waals surface area contributed by atoms with Gasteiger partial charge in [0, 0.05) is 38.9 Å². The minimum absolute atomic E-state index is 0.112. The number of hydrogen-bond acceptors (Lipinski definition) is 2. The van der Waals surface area contributed by atoms with Gasteiger partial charge in [0.2, 0.25) is 0 Å². The van der Waals surface area contributed by atoms with Crippen molar-refractivity contribution in [3.63, 3.8) is 0 Å². The Morgan fingerprint density at radius 2 is 0.757 bits per heavy atom. The minimum atomic E-state index is -0.112. The third kappa shape index (κ3) is 3.66. The molecule has 2 aromatic heterocycles. The van der Waals surface area contributed by atoms with E-state index in [1.54, 1.807) is 0 Å². The first-order valence-corrected chi connectivity index (χ1v) is 12.6. The average Bonchev–Trinajstić information content (AvgIpc) is 3.55. The van der Waals surface area contributed by atoms with Gasteiger partial charge in [-0.3, -0.25) is 0 Å². The molecule has 0 radical (unpaired) electrons. The summed E-state index contributed by atoms with van der Waals surface area (Å²) in [5, 5.41) is 2.22. The van der Waals surface area contributed by atoms with Gasteiger partial charge in [0.25, 0.3) is 0 Å². The van der Waals surface area contributed by atoms with Gasteiger partial charge < -0.3 is 8.83 Å². The smallest absolute Gasteiger partial charge is 0.139 e. The van der Waals surface area contributed by atoms with Crippen LogP contribution < -0.4 is 0 Å². The molecule has 0 saturated carbocycles. The maximum absolute atomic E-state index is 6.61. The van der Waals surface area contributed by atoms with Crippen molar-refractivity contribution in [2.45, 2.75) is 5.92 Å². The van der Waals surface area contributed by atoms with Gasteiger partial charge in [-0.15, -0.1) is 0 Å². The van der Waals surface area contributed by atoms with Crippen LogP contribution in [0.4, 0.5) is 0 Å². The highest BCUT2D eigenvalue weighted by Crippen LogP contribution is 2.49. The Balaban J connectivity index is 1.62. The predicted molar refractivity (Wildman–Crippen MR) is 151 cm³/mol. The van der Waals surface area contributed by atoms with Crippen LogP contribution in [-0.4, -0.2) is 0 Å². The molecule has 0 atom stereocenters. The zero-order chi connectivity index (χ0) is 24.6. The molecule has 0 bridgehead atoms. The number of furan rings is 2. The fourth-order valence-electron chi connectivity index (χ4n) is 5.44. The number of fused-ring (bicyclic) bond motifs is 2. The fraction of sp³-hybridized carbons (Fsp3) is 0.0286. The van der Waals surface area contributed by atoms with Crippen LogP contribution in [0.25, 0.3) is 44.6 Å². The first kappa shape index (κ1) is 21.5. The summed E-state index contributed by atoms with van der Waals surface area (Å²) in [5.74, 6) is 1.67. The number of hydrogen-bond donors (Lipinski definition) is 0. The van der Waals surface area contributed by atoms with Crippen molar-refractivity contribution in [3.8, 4) is 22.6 Å². The zero-order valence-corrected chi connectivity index (χ0v) is 20.2. The van der Waals surface area contributed by atoms with Crippen molar-refractivity contribution in [3.05, 3.63) is 156 Å². The second kappa shape index (κ2) is 9.00. The monoisotopic (exact) mass is 476 g/mol. The molecule has 0 unspecified atom stereocenters. The topological polar surface area (TPSA) is 26.3 Å². The molecule has 37 heavy (non-hydrogen) atoms. The molecule has 176 valence electrons. The van der Waals surface area contributed by atoms with Crippen molar-refractivity contribution in [2.24, 2.45) is 0 Å². The Bertz CT molecular complexity index is 1690. The molecule has 2 heterocycles. The van der Waals surface area contributed by atoms with Crippen LogP contribution in [0.15, 0.2) is 148 Å². The van der Waals surface area contributed by atoms with Crippen molar-refractivity contribution in [2.75, 3.05) is 0 Å². The van der Waals surface area contributed by atoms with Gasteiger partial charge in [-0.1, -0.05) is 127 Å². The van der Waals surface area contributed by atoms with E-state index < -0.39 is 0 Å². The van der Waals surface area contributed by atoms with E-state index in [1.165, 1.54) is 5.56 Å². The molecule has 2 nitrogen and oxygen atoms in total. The van der Waals surface area contributed by atoms with Gasteiger partial charge in [-0.25, -0.2) is 0 Å². The van der Waals surface area contributed by atoms with Crippen LogP contribution in [-0.2, 0) is 0 Å². The first-order chi connectivity index (χ1) is 18.4. The van der Waals surface area contributed by atoms with E-state index in [1.807, 2.05) is 24.3 Å². The average molecular weight is 477 g/mol. The van der Waals surface area contributed by atoms with Crippen LogP contribution in [0, 0.1) is 0 Å². The van der Waals surface area contributed by atoms with Crippen LogP contribution in [0.1, 0.15) is 22.6 Å². The molecule has 7 rings (SSSR count). The third-order valence-corrected chi connectivity index (χ3v) is 7.05. The lowest BCUT2D eigenvalue weighted by atomic mass is 9.80. The Morgan fingerprint density at radius 1 is 0.378 bits per heavy atom. The van der Waals surface area contributed by atoms with Crippen LogP contribution >= 0.6 is 0 Å². The Hall–Kier alpha value is -4.82. The highest BCUT2D eigenvalue weighted by molar-refractivity contribution is 5.95. The standard InChI is InChI=1S/C35H24O2/c1-4-14-24(15-5-1)31(32-27-20-10-12-22-29(27)36-34(32)25-16-6-2-7-17-25)33-28-21-11-13-23-30(28)37-35(33)26-18-8-3-9-19-26/h1-23,31H. The molecule has 0 fully saturated rings. The molecule has 0 amide bonds. The first-order valence-electron chi connectivity index (χ1n) is 12.6. The highest BCUT2D eigenvalue weighted by Gasteiger charge is 2.32. The van der Waals surface area contributed by atoms with E-state index in [-0.39, 0.29) is 5.92 Å². The molecule has 0 aliphatic heterocycles. The Labute approximate surface area is 215 Å². The number of rotatable bonds is 5. The van der Waals surface area contributed by atoms with E-state index in [2.05, 4.69) is 115 Å². The zero-order valence-electron chi connectivity index (χ0n) is 20.2. The van der Waals surface area contributed by atoms with E-state index >= 15 is 0 Å². The second-order valence-corrected chi connectivity index (χ2v) is 9.26. The minimum Gasteiger partial charge on any atom is -0.456 e. The quantitative estimate of drug-likeness (QED) is 0.247. The van der Waals surface area contributed by atoms with E-state index in [0.29, 0.717) is 0 Å². The summed E-state index contributed by atoms with van der Waals surface area (Å²) in [6.07, 6.45) is 0. The van der Waals surface area contributed by atoms with Gasteiger partial charge in [-0.2, -0.15) is 0 Å². The van der Waals surface area contributed by atoms with E-state index in [4.69, 9.17) is 8.83 Å². The summed E-state index contributed by atoms with van der Waals surface area (Å²) in [6.45, 7) is 0. The van der Waals surface area contributed by atoms with Gasteiger partial charge in [-0.05, 0) is 17.7 Å². The summed E-state index contributed by atoms with van der Waals surface area (Å²) >= 11 is 0. The lowest BCUT2D eigenvalue weighted by molar-refractivity contribution is 0.620. The lowest BCUT2D eigenvalue weighted by Crippen LogP contribution is -2.05. The third-order valence-electron chi connectivity index (χ3n) is 7.05. The molecular weight excluding hydrogens is 452 g/mol. The summed E-state index contributed by atoms with van der Waals surface area (Å²) < 4.78 is 13.2. The molecule has 7 aromatic rings. The van der Waals surface area contributed by atoms with Crippen LogP contribution in [0.3, 0.4) is 0 Å². The van der Waals surface area contributed by atoms with Gasteiger partial charge >= 0.3 is 0 Å². The molecule has 0 aliphatic carbocycles. The molecular formula is C35H24O2. The maximum atomic E-state index is 6.61. The SMILES string of the molecule is c1ccc(-c2oc3ccccc3c2C(c2ccccc2)c2c(-c3ccccc3)oc3ccccc23)cc1. The molecule has 0 N–H and O–H groups in total. The van der Waals surface area contributed by atoms with Gasteiger partial charge in [0.1, 0.15) is 22.7 Å². The summed E-state index contributed by atoms with van der Waals surface area (Å²) in [4.78, 5) is 0. The maximum Gasteiger partial charge on any atom is 0.139 e. The van der Waals surface area contributed by atoms with Crippen LogP contribution in [0.5, 0.6) is 0 Å². The van der Waals surface area contributed by atoms with Crippen molar-refractivity contribution >= 4 is 21.9 Å². The summed E-state index contributed by atoms with van der Waals surface area (Å²) in [7, 11) is 0. The lowest BCUT2D eigenvalue weighted by Gasteiger charge is -2.20. The highest BCUT2D eigenvalue weighted by atomic mass is 16.3. The predicted octanol–water partition coefficient (Wildman–Crippen LogP) is 9.69. The number of para-hydroxylation sites is 2. The van der Waals surface area contributed by atoms with Crippen molar-refractivity contribution in [1.82, 2.24) is 0 Å². The second-order valence-electron chi connectivity index (χ2n) is 9.26. The normalized spacial score (nSPS) is 11.5. The van der Waals surface area contributed by atoms with Crippen molar-refractivity contribution in [1.29, 1.82) is 0 Å². The molecule has 0 spiro atoms.